The number of hydrogen-bond donors (Lipinski definition) is 2. The Balaban J connectivity index is 0.000000192. The maximum atomic E-state index is 10.7. The molecule has 12 aromatic rings. The number of benzene rings is 10. The van der Waals surface area contributed by atoms with Gasteiger partial charge in [0.15, 0.2) is 0 Å². The van der Waals surface area contributed by atoms with Gasteiger partial charge in [0.1, 0.15) is 23.1 Å². The van der Waals surface area contributed by atoms with Gasteiger partial charge in [-0.25, -0.2) is 9.97 Å². The summed E-state index contributed by atoms with van der Waals surface area (Å²) < 4.78 is 13.6. The van der Waals surface area contributed by atoms with Crippen LogP contribution in [0.4, 0.5) is 0 Å². The maximum Gasteiger partial charge on any atom is 0.145 e. The Kier molecular flexibility index (Phi) is 23.5. The van der Waals surface area contributed by atoms with Gasteiger partial charge in [0.05, 0.1) is 39.8 Å². The molecule has 0 aliphatic heterocycles. The van der Waals surface area contributed by atoms with Crippen molar-refractivity contribution in [3.8, 4) is 34.3 Å². The van der Waals surface area contributed by atoms with Crippen molar-refractivity contribution >= 4 is 166 Å². The average molecular weight is 1480 g/mol. The predicted octanol–water partition coefficient (Wildman–Crippen LogP) is 26.0. The summed E-state index contributed by atoms with van der Waals surface area (Å²) in [7, 11) is 0. The minimum atomic E-state index is 0. The summed E-state index contributed by atoms with van der Waals surface area (Å²) in [5.74, 6) is 4.83. The maximum absolute atomic E-state index is 10.7. The Morgan fingerprint density at radius 1 is 0.483 bits per heavy atom. The summed E-state index contributed by atoms with van der Waals surface area (Å²) >= 11 is 18.3. The Labute approximate surface area is 557 Å². The first-order chi connectivity index (χ1) is 41.9. The summed E-state index contributed by atoms with van der Waals surface area (Å²) in [6.45, 7) is 15.4. The Bertz CT molecular complexity index is 4240. The SMILES string of the molecule is C.CCCCC(CC)CBr.CCCCCC(CC)COc1ccc2ccccc2c1-c1nc2c3cc(Br)ccc3c3ccc(Br)cc3c2n1CC(CC)CCCC.Oc1ccc2ccccc2c1-c1nc2c3cc(Br)ccc3c3ccc(Br)cc3c2[nH]1. The van der Waals surface area contributed by atoms with Crippen LogP contribution in [0.3, 0.4) is 0 Å². The van der Waals surface area contributed by atoms with Crippen molar-refractivity contribution in [2.75, 3.05) is 11.9 Å². The molecule has 3 unspecified atom stereocenters. The van der Waals surface area contributed by atoms with Gasteiger partial charge in [-0.2, -0.15) is 0 Å². The number of nitrogens with one attached hydrogen (secondary N) is 1. The molecule has 2 heterocycles. The molecule has 12 rings (SSSR count). The molecule has 0 saturated carbocycles. The Morgan fingerprint density at radius 3 is 1.55 bits per heavy atom. The predicted molar refractivity (Wildman–Crippen MR) is 395 cm³/mol. The van der Waals surface area contributed by atoms with E-state index in [1.165, 1.54) is 114 Å². The van der Waals surface area contributed by atoms with E-state index in [0.717, 1.165) is 121 Å². The molecule has 11 heteroatoms. The van der Waals surface area contributed by atoms with Crippen LogP contribution in [0.5, 0.6) is 11.5 Å². The highest BCUT2D eigenvalue weighted by Gasteiger charge is 2.26. The third-order valence-corrected chi connectivity index (χ3v) is 20.4. The van der Waals surface area contributed by atoms with Crippen LogP contribution < -0.4 is 4.74 Å². The van der Waals surface area contributed by atoms with Crippen LogP contribution in [0.1, 0.15) is 132 Å². The summed E-state index contributed by atoms with van der Waals surface area (Å²) in [5, 5.41) is 25.7. The third kappa shape index (κ3) is 14.7. The smallest absolute Gasteiger partial charge is 0.145 e. The van der Waals surface area contributed by atoms with Gasteiger partial charge in [0.2, 0.25) is 0 Å². The van der Waals surface area contributed by atoms with E-state index in [2.05, 4.69) is 240 Å². The quantitative estimate of drug-likeness (QED) is 0.0427. The second kappa shape index (κ2) is 30.9. The second-order valence-corrected chi connectivity index (χ2v) is 27.5. The first-order valence-corrected chi connectivity index (χ1v) is 35.5. The fourth-order valence-corrected chi connectivity index (χ4v) is 14.7. The van der Waals surface area contributed by atoms with Crippen molar-refractivity contribution in [2.24, 2.45) is 17.8 Å². The number of aromatic amines is 1. The number of hydrogen-bond acceptors (Lipinski definition) is 4. The molecule has 0 saturated heterocycles. The molecule has 0 spiro atoms. The summed E-state index contributed by atoms with van der Waals surface area (Å²) in [6, 6.07) is 50.8. The molecule has 3 atom stereocenters. The lowest BCUT2D eigenvalue weighted by Gasteiger charge is -2.22. The van der Waals surface area contributed by atoms with E-state index in [1.54, 1.807) is 6.07 Å². The molecule has 0 bridgehead atoms. The van der Waals surface area contributed by atoms with Crippen molar-refractivity contribution < 1.29 is 9.84 Å². The number of phenols is 1. The molecule has 0 aliphatic carbocycles. The molecule has 6 nitrogen and oxygen atoms in total. The van der Waals surface area contributed by atoms with Crippen LogP contribution in [0.25, 0.3) is 109 Å². The lowest BCUT2D eigenvalue weighted by molar-refractivity contribution is 0.233. The molecule has 0 radical (unpaired) electrons. The molecule has 87 heavy (non-hydrogen) atoms. The number of unbranched alkanes of at least 4 members (excludes halogenated alkanes) is 4. The lowest BCUT2D eigenvalue weighted by Crippen LogP contribution is -2.14. The number of nitrogens with zero attached hydrogens (tertiary/aromatic N) is 3. The highest BCUT2D eigenvalue weighted by Crippen LogP contribution is 2.45. The second-order valence-electron chi connectivity index (χ2n) is 23.2. The number of aromatic nitrogens is 4. The first kappa shape index (κ1) is 66.1. The monoisotopic (exact) mass is 1480 g/mol. The van der Waals surface area contributed by atoms with Crippen molar-refractivity contribution in [3.63, 3.8) is 0 Å². The van der Waals surface area contributed by atoms with Crippen LogP contribution >= 0.6 is 79.6 Å². The number of H-pyrrole nitrogens is 1. The van der Waals surface area contributed by atoms with Gasteiger partial charge < -0.3 is 19.4 Å². The Hall–Kier alpha value is -5.30. The summed E-state index contributed by atoms with van der Waals surface area (Å²) in [6.07, 6.45) is 16.4. The molecular formula is C76H83Br5N4O2. The summed E-state index contributed by atoms with van der Waals surface area (Å²) in [4.78, 5) is 14.2. The van der Waals surface area contributed by atoms with Gasteiger partial charge in [-0.3, -0.25) is 0 Å². The van der Waals surface area contributed by atoms with E-state index < -0.39 is 0 Å². The molecule has 454 valence electrons. The number of fused-ring (bicyclic) bond motifs is 14. The largest absolute Gasteiger partial charge is 0.507 e. The highest BCUT2D eigenvalue weighted by molar-refractivity contribution is 9.11. The zero-order valence-electron chi connectivity index (χ0n) is 50.5. The van der Waals surface area contributed by atoms with Gasteiger partial charge in [-0.15, -0.1) is 0 Å². The topological polar surface area (TPSA) is 76.0 Å². The van der Waals surface area contributed by atoms with Gasteiger partial charge in [0, 0.05) is 51.3 Å². The molecule has 0 amide bonds. The number of phenolic OH excluding ortho intramolecular Hbond substituents is 1. The van der Waals surface area contributed by atoms with Crippen molar-refractivity contribution in [1.82, 2.24) is 19.5 Å². The lowest BCUT2D eigenvalue weighted by atomic mass is 9.97. The molecule has 0 aliphatic rings. The van der Waals surface area contributed by atoms with Crippen LogP contribution in [0.15, 0.2) is 163 Å². The van der Waals surface area contributed by atoms with E-state index in [4.69, 9.17) is 14.7 Å². The van der Waals surface area contributed by atoms with Gasteiger partial charge in [0.25, 0.3) is 0 Å². The van der Waals surface area contributed by atoms with E-state index in [9.17, 15) is 5.11 Å². The summed E-state index contributed by atoms with van der Waals surface area (Å²) in [5.41, 5.74) is 5.94. The number of aromatic hydroxyl groups is 1. The van der Waals surface area contributed by atoms with Crippen LogP contribution in [-0.2, 0) is 6.54 Å². The Morgan fingerprint density at radius 2 is 0.977 bits per heavy atom. The molecule has 2 N–H and O–H groups in total. The number of alkyl halides is 1. The van der Waals surface area contributed by atoms with Crippen LogP contribution in [0, 0.1) is 17.8 Å². The fraction of sp³-hybridized carbons (Fsp3) is 0.342. The van der Waals surface area contributed by atoms with Gasteiger partial charge in [-0.05, 0) is 141 Å². The number of rotatable bonds is 21. The van der Waals surface area contributed by atoms with E-state index in [1.807, 2.05) is 30.3 Å². The minimum absolute atomic E-state index is 0. The van der Waals surface area contributed by atoms with E-state index in [-0.39, 0.29) is 13.2 Å². The zero-order chi connectivity index (χ0) is 60.4. The average Bonchev–Trinajstić information content (AvgIpc) is 1.66. The van der Waals surface area contributed by atoms with Gasteiger partial charge >= 0.3 is 0 Å². The molecule has 2 aromatic heterocycles. The van der Waals surface area contributed by atoms with Crippen molar-refractivity contribution in [3.05, 3.63) is 163 Å². The molecule has 10 aromatic carbocycles. The fourth-order valence-electron chi connectivity index (χ4n) is 12.4. The molecular weight excluding hydrogens is 1400 g/mol. The van der Waals surface area contributed by atoms with Crippen LogP contribution in [-0.4, -0.2) is 36.6 Å². The van der Waals surface area contributed by atoms with Crippen LogP contribution in [0.2, 0.25) is 0 Å². The number of imidazole rings is 2. The highest BCUT2D eigenvalue weighted by atomic mass is 79.9. The minimum Gasteiger partial charge on any atom is -0.507 e. The number of halogens is 5. The van der Waals surface area contributed by atoms with E-state index >= 15 is 0 Å². The van der Waals surface area contributed by atoms with Crippen molar-refractivity contribution in [1.29, 1.82) is 0 Å². The standard InChI is InChI=1S/C42H48Br2N2O.C25H14Br2N2O.C8H17Br.CH4/c1-5-9-11-15-29(8-4)27-47-38-23-18-30-16-12-13-17-33(30)39(38)42-45-40-36-24-31(43)19-21-34(36)35-22-20-32(44)25-37(35)41(40)46(42)26-28(7-3)14-10-6-2;26-14-6-8-17-18-9-7-15(27)12-20(18)24-23(19(17)11-14)28-25(29-24)22-16-4-2-1-3-13(16)5-10-21(22)30;1-3-5-6-8(4-2)7-9;/h12-13,16-25,28-29H,5-11,14-15,26-27H2,1-4H3;1-12,30H,(H,28,29);8H,3-7H2,1-2H3;1H4. The third-order valence-electron chi connectivity index (χ3n) is 17.5. The van der Waals surface area contributed by atoms with Gasteiger partial charge in [-0.1, -0.05) is 278 Å². The molecule has 0 fully saturated rings. The normalized spacial score (nSPS) is 12.6. The number of ether oxygens (including phenoxy) is 1. The zero-order valence-corrected chi connectivity index (χ0v) is 58.4. The van der Waals surface area contributed by atoms with Crippen molar-refractivity contribution in [2.45, 2.75) is 139 Å². The van der Waals surface area contributed by atoms with E-state index in [0.29, 0.717) is 17.7 Å². The first-order valence-electron chi connectivity index (χ1n) is 31.2.